The molecule has 5 heteroatoms. The molecule has 0 fully saturated rings. The first-order valence-corrected chi connectivity index (χ1v) is 6.06. The molecule has 0 amide bonds. The van der Waals surface area contributed by atoms with Crippen molar-refractivity contribution in [1.82, 2.24) is 0 Å². The van der Waals surface area contributed by atoms with Crippen molar-refractivity contribution < 1.29 is 9.66 Å². The molecule has 0 saturated heterocycles. The Labute approximate surface area is 98.5 Å². The quantitative estimate of drug-likeness (QED) is 0.585. The van der Waals surface area contributed by atoms with Gasteiger partial charge in [-0.1, -0.05) is 12.2 Å². The van der Waals surface area contributed by atoms with Crippen LogP contribution in [0.25, 0.3) is 6.08 Å². The van der Waals surface area contributed by atoms with E-state index in [1.807, 2.05) is 12.3 Å². The molecular weight excluding hydrogens is 226 g/mol. The lowest BCUT2D eigenvalue weighted by Gasteiger charge is -2.01. The molecule has 0 heterocycles. The molecule has 1 aromatic rings. The maximum absolute atomic E-state index is 10.8. The van der Waals surface area contributed by atoms with Crippen molar-refractivity contribution in [3.8, 4) is 5.75 Å². The molecule has 4 nitrogen and oxygen atoms in total. The van der Waals surface area contributed by atoms with E-state index in [1.165, 1.54) is 13.2 Å². The summed E-state index contributed by atoms with van der Waals surface area (Å²) in [5, 5.41) is 10.8. The average Bonchev–Trinajstić information content (AvgIpc) is 2.29. The van der Waals surface area contributed by atoms with Crippen molar-refractivity contribution in [1.29, 1.82) is 0 Å². The van der Waals surface area contributed by atoms with E-state index in [1.54, 1.807) is 30.0 Å². The van der Waals surface area contributed by atoms with E-state index in [0.29, 0.717) is 11.3 Å². The van der Waals surface area contributed by atoms with E-state index >= 15 is 0 Å². The van der Waals surface area contributed by atoms with Crippen molar-refractivity contribution in [3.05, 3.63) is 40.0 Å². The molecule has 0 aliphatic rings. The maximum Gasteiger partial charge on any atom is 0.280 e. The van der Waals surface area contributed by atoms with Gasteiger partial charge in [0, 0.05) is 5.75 Å². The van der Waals surface area contributed by atoms with Gasteiger partial charge < -0.3 is 4.74 Å². The summed E-state index contributed by atoms with van der Waals surface area (Å²) < 4.78 is 4.95. The fourth-order valence-electron chi connectivity index (χ4n) is 1.22. The smallest absolute Gasteiger partial charge is 0.280 e. The molecule has 86 valence electrons. The number of nitro benzene ring substituents is 1. The lowest BCUT2D eigenvalue weighted by molar-refractivity contribution is -0.385. The van der Waals surface area contributed by atoms with E-state index in [0.717, 1.165) is 5.75 Å². The summed E-state index contributed by atoms with van der Waals surface area (Å²) in [6, 6.07) is 4.83. The van der Waals surface area contributed by atoms with Crippen LogP contribution in [0.5, 0.6) is 5.75 Å². The number of nitrogens with zero attached hydrogens (tertiary/aromatic N) is 1. The molecule has 0 spiro atoms. The van der Waals surface area contributed by atoms with Crippen molar-refractivity contribution in [2.75, 3.05) is 19.1 Å². The van der Waals surface area contributed by atoms with Crippen LogP contribution in [0.3, 0.4) is 0 Å². The van der Waals surface area contributed by atoms with Crippen LogP contribution in [0.15, 0.2) is 24.3 Å². The zero-order chi connectivity index (χ0) is 12.0. The number of rotatable bonds is 5. The molecule has 0 N–H and O–H groups in total. The second kappa shape index (κ2) is 6.17. The van der Waals surface area contributed by atoms with Gasteiger partial charge in [-0.15, -0.1) is 0 Å². The Morgan fingerprint density at radius 3 is 2.88 bits per heavy atom. The second-order valence-electron chi connectivity index (χ2n) is 3.04. The Bertz CT molecular complexity index is 404. The first-order chi connectivity index (χ1) is 7.69. The lowest BCUT2D eigenvalue weighted by Crippen LogP contribution is -1.93. The number of ether oxygens (including phenoxy) is 1. The highest BCUT2D eigenvalue weighted by atomic mass is 32.2. The van der Waals surface area contributed by atoms with Gasteiger partial charge in [-0.25, -0.2) is 0 Å². The van der Waals surface area contributed by atoms with Crippen molar-refractivity contribution in [2.24, 2.45) is 0 Å². The largest absolute Gasteiger partial charge is 0.497 e. The van der Waals surface area contributed by atoms with E-state index in [2.05, 4.69) is 0 Å². The first-order valence-electron chi connectivity index (χ1n) is 4.67. The highest BCUT2D eigenvalue weighted by Crippen LogP contribution is 2.25. The van der Waals surface area contributed by atoms with Crippen LogP contribution < -0.4 is 4.74 Å². The highest BCUT2D eigenvalue weighted by Gasteiger charge is 2.12. The van der Waals surface area contributed by atoms with Gasteiger partial charge in [0.05, 0.1) is 23.7 Å². The molecule has 0 bridgehead atoms. The molecule has 0 saturated carbocycles. The van der Waals surface area contributed by atoms with Crippen LogP contribution in [-0.4, -0.2) is 24.0 Å². The third kappa shape index (κ3) is 3.27. The number of nitro groups is 1. The maximum atomic E-state index is 10.8. The summed E-state index contributed by atoms with van der Waals surface area (Å²) in [5.74, 6) is 1.33. The number of hydrogen-bond donors (Lipinski definition) is 0. The fraction of sp³-hybridized carbons (Fsp3) is 0.273. The van der Waals surface area contributed by atoms with Crippen LogP contribution in [0, 0.1) is 10.1 Å². The normalized spacial score (nSPS) is 10.6. The molecule has 0 atom stereocenters. The van der Waals surface area contributed by atoms with Crippen LogP contribution in [-0.2, 0) is 0 Å². The molecule has 0 radical (unpaired) electrons. The minimum atomic E-state index is -0.402. The second-order valence-corrected chi connectivity index (χ2v) is 3.95. The molecule has 1 aromatic carbocycles. The number of hydrogen-bond acceptors (Lipinski definition) is 4. The Morgan fingerprint density at radius 1 is 1.56 bits per heavy atom. The van der Waals surface area contributed by atoms with E-state index in [4.69, 9.17) is 4.74 Å². The predicted octanol–water partition coefficient (Wildman–Crippen LogP) is 2.98. The van der Waals surface area contributed by atoms with Gasteiger partial charge in [-0.05, 0) is 18.4 Å². The summed E-state index contributed by atoms with van der Waals surface area (Å²) in [6.07, 6.45) is 5.64. The molecule has 0 aromatic heterocycles. The number of benzene rings is 1. The van der Waals surface area contributed by atoms with Gasteiger partial charge in [0.1, 0.15) is 5.75 Å². The summed E-state index contributed by atoms with van der Waals surface area (Å²) in [4.78, 5) is 10.4. The van der Waals surface area contributed by atoms with E-state index in [-0.39, 0.29) is 5.69 Å². The Hall–Kier alpha value is -1.49. The zero-order valence-electron chi connectivity index (χ0n) is 9.17. The Kier molecular flexibility index (Phi) is 4.85. The monoisotopic (exact) mass is 239 g/mol. The first kappa shape index (κ1) is 12.6. The lowest BCUT2D eigenvalue weighted by atomic mass is 10.1. The van der Waals surface area contributed by atoms with Gasteiger partial charge in [-0.2, -0.15) is 11.8 Å². The molecule has 16 heavy (non-hydrogen) atoms. The highest BCUT2D eigenvalue weighted by molar-refractivity contribution is 7.98. The summed E-state index contributed by atoms with van der Waals surface area (Å²) in [6.45, 7) is 0. The van der Waals surface area contributed by atoms with Crippen molar-refractivity contribution in [3.63, 3.8) is 0 Å². The fourth-order valence-corrected chi connectivity index (χ4v) is 1.51. The molecular formula is C11H13NO3S. The Balaban J connectivity index is 3.03. The predicted molar refractivity (Wildman–Crippen MR) is 67.1 cm³/mol. The van der Waals surface area contributed by atoms with Crippen LogP contribution >= 0.6 is 11.8 Å². The zero-order valence-corrected chi connectivity index (χ0v) is 9.99. The molecule has 0 unspecified atom stereocenters. The van der Waals surface area contributed by atoms with Crippen LogP contribution in [0.2, 0.25) is 0 Å². The van der Waals surface area contributed by atoms with Gasteiger partial charge in [-0.3, -0.25) is 10.1 Å². The van der Waals surface area contributed by atoms with Gasteiger partial charge in [0.25, 0.3) is 5.69 Å². The Morgan fingerprint density at radius 2 is 2.31 bits per heavy atom. The van der Waals surface area contributed by atoms with Crippen molar-refractivity contribution >= 4 is 23.5 Å². The third-order valence-electron chi connectivity index (χ3n) is 1.99. The minimum absolute atomic E-state index is 0.0664. The van der Waals surface area contributed by atoms with Gasteiger partial charge >= 0.3 is 0 Å². The number of methoxy groups -OCH3 is 1. The van der Waals surface area contributed by atoms with Crippen LogP contribution in [0.1, 0.15) is 5.56 Å². The number of thioether (sulfide) groups is 1. The minimum Gasteiger partial charge on any atom is -0.497 e. The topological polar surface area (TPSA) is 52.4 Å². The van der Waals surface area contributed by atoms with Crippen molar-refractivity contribution in [2.45, 2.75) is 0 Å². The summed E-state index contributed by atoms with van der Waals surface area (Å²) in [7, 11) is 1.49. The molecule has 0 aliphatic carbocycles. The average molecular weight is 239 g/mol. The summed E-state index contributed by atoms with van der Waals surface area (Å²) in [5.41, 5.74) is 0.663. The van der Waals surface area contributed by atoms with E-state index in [9.17, 15) is 10.1 Å². The van der Waals surface area contributed by atoms with E-state index < -0.39 is 4.92 Å². The van der Waals surface area contributed by atoms with Gasteiger partial charge in [0.2, 0.25) is 0 Å². The standard InChI is InChI=1S/C11H13NO3S/c1-15-10-6-5-9(4-3-7-16-2)11(8-10)12(13)14/h3-6,8H,7H2,1-2H3/b4-3+. The van der Waals surface area contributed by atoms with Gasteiger partial charge in [0.15, 0.2) is 0 Å². The summed E-state index contributed by atoms with van der Waals surface area (Å²) >= 11 is 1.66. The van der Waals surface area contributed by atoms with Crippen LogP contribution in [0.4, 0.5) is 5.69 Å². The molecule has 0 aliphatic heterocycles. The molecule has 1 rings (SSSR count). The SMILES string of the molecule is COc1ccc(/C=C/CSC)c([N+](=O)[O-])c1. The third-order valence-corrected chi connectivity index (χ3v) is 2.52.